The Morgan fingerprint density at radius 1 is 0.818 bits per heavy atom. The van der Waals surface area contributed by atoms with Gasteiger partial charge in [0.15, 0.2) is 5.60 Å². The van der Waals surface area contributed by atoms with Crippen LogP contribution in [-0.2, 0) is 14.3 Å². The lowest BCUT2D eigenvalue weighted by Crippen LogP contribution is -2.52. The summed E-state index contributed by atoms with van der Waals surface area (Å²) in [5.41, 5.74) is 4.45. The van der Waals surface area contributed by atoms with Crippen molar-refractivity contribution in [2.24, 2.45) is 11.7 Å². The summed E-state index contributed by atoms with van der Waals surface area (Å²) >= 11 is 0. The predicted octanol–water partition coefficient (Wildman–Crippen LogP) is 8.19. The molecule has 0 fully saturated rings. The van der Waals surface area contributed by atoms with Crippen molar-refractivity contribution in [3.8, 4) is 0 Å². The van der Waals surface area contributed by atoms with Crippen molar-refractivity contribution in [3.05, 3.63) is 24.8 Å². The molecule has 0 spiro atoms. The molecular formula is C29H53NO3. The molecule has 0 aliphatic rings. The van der Waals surface area contributed by atoms with Crippen molar-refractivity contribution in [1.82, 2.24) is 0 Å². The molecule has 0 aromatic heterocycles. The third kappa shape index (κ3) is 15.0. The summed E-state index contributed by atoms with van der Waals surface area (Å²) in [5.74, 6) is -1.22. The van der Waals surface area contributed by atoms with E-state index in [-0.39, 0.29) is 5.92 Å². The van der Waals surface area contributed by atoms with Gasteiger partial charge in [-0.05, 0) is 38.5 Å². The van der Waals surface area contributed by atoms with E-state index in [1.165, 1.54) is 83.5 Å². The summed E-state index contributed by atoms with van der Waals surface area (Å²) in [5, 5.41) is 0. The summed E-state index contributed by atoms with van der Waals surface area (Å²) in [4.78, 5) is 24.0. The van der Waals surface area contributed by atoms with Crippen molar-refractivity contribution in [3.63, 3.8) is 0 Å². The third-order valence-corrected chi connectivity index (χ3v) is 6.68. The van der Waals surface area contributed by atoms with E-state index in [1.54, 1.807) is 0 Å². The lowest BCUT2D eigenvalue weighted by Gasteiger charge is -2.35. The molecule has 0 heterocycles. The van der Waals surface area contributed by atoms with Crippen molar-refractivity contribution < 1.29 is 14.3 Å². The molecule has 192 valence electrons. The molecule has 4 nitrogen and oxygen atoms in total. The van der Waals surface area contributed by atoms with E-state index in [4.69, 9.17) is 10.5 Å². The summed E-state index contributed by atoms with van der Waals surface area (Å²) < 4.78 is 5.50. The Kier molecular flexibility index (Phi) is 20.0. The van der Waals surface area contributed by atoms with Crippen LogP contribution in [-0.4, -0.2) is 17.5 Å². The highest BCUT2D eigenvalue weighted by Gasteiger charge is 2.44. The van der Waals surface area contributed by atoms with Gasteiger partial charge < -0.3 is 10.5 Å². The van der Waals surface area contributed by atoms with Crippen LogP contribution < -0.4 is 5.73 Å². The Hall–Kier alpha value is -1.58. The van der Waals surface area contributed by atoms with Crippen LogP contribution in [0.3, 0.4) is 0 Å². The molecule has 2 atom stereocenters. The highest BCUT2D eigenvalue weighted by atomic mass is 16.6. The van der Waals surface area contributed by atoms with E-state index < -0.39 is 17.5 Å². The zero-order chi connectivity index (χ0) is 24.8. The SMILES string of the molecule is C=CC(=O)OC(CCC)(C(N)=O)C(C)CCCCCCCCC/C=C\CCCCCCCC. The minimum atomic E-state index is -1.22. The Balaban J connectivity index is 3.87. The number of amides is 1. The van der Waals surface area contributed by atoms with Crippen LogP contribution in [0.15, 0.2) is 24.8 Å². The largest absolute Gasteiger partial charge is 0.446 e. The normalized spacial score (nSPS) is 14.2. The van der Waals surface area contributed by atoms with Crippen molar-refractivity contribution >= 4 is 11.9 Å². The maximum atomic E-state index is 12.2. The van der Waals surface area contributed by atoms with Crippen molar-refractivity contribution in [2.75, 3.05) is 0 Å². The first-order valence-corrected chi connectivity index (χ1v) is 13.7. The number of primary amides is 1. The fraction of sp³-hybridized carbons (Fsp3) is 0.793. The quantitative estimate of drug-likeness (QED) is 0.0718. The summed E-state index contributed by atoms with van der Waals surface area (Å²) in [6.45, 7) is 9.65. The molecular weight excluding hydrogens is 410 g/mol. The van der Waals surface area contributed by atoms with Gasteiger partial charge in [-0.2, -0.15) is 0 Å². The number of unbranched alkanes of at least 4 members (excludes halogenated alkanes) is 13. The lowest BCUT2D eigenvalue weighted by atomic mass is 9.80. The van der Waals surface area contributed by atoms with Gasteiger partial charge in [0.1, 0.15) is 0 Å². The number of nitrogens with two attached hydrogens (primary N) is 1. The molecule has 2 N–H and O–H groups in total. The fourth-order valence-corrected chi connectivity index (χ4v) is 4.51. The predicted molar refractivity (Wildman–Crippen MR) is 141 cm³/mol. The second-order valence-corrected chi connectivity index (χ2v) is 9.61. The highest BCUT2D eigenvalue weighted by Crippen LogP contribution is 2.32. The molecule has 33 heavy (non-hydrogen) atoms. The summed E-state index contributed by atoms with van der Waals surface area (Å²) in [6.07, 6.45) is 27.1. The molecule has 1 amide bonds. The van der Waals surface area contributed by atoms with Crippen molar-refractivity contribution in [1.29, 1.82) is 0 Å². The number of carbonyl (C=O) groups is 2. The average Bonchev–Trinajstić information content (AvgIpc) is 2.80. The Morgan fingerprint density at radius 2 is 1.30 bits per heavy atom. The van der Waals surface area contributed by atoms with Crippen LogP contribution in [0.5, 0.6) is 0 Å². The topological polar surface area (TPSA) is 69.4 Å². The molecule has 0 aromatic rings. The molecule has 4 heteroatoms. The smallest absolute Gasteiger partial charge is 0.331 e. The number of rotatable bonds is 23. The van der Waals surface area contributed by atoms with Gasteiger partial charge in [0, 0.05) is 12.0 Å². The number of carbonyl (C=O) groups excluding carboxylic acids is 2. The van der Waals surface area contributed by atoms with Crippen LogP contribution >= 0.6 is 0 Å². The van der Waals surface area contributed by atoms with Gasteiger partial charge in [-0.3, -0.25) is 4.79 Å². The van der Waals surface area contributed by atoms with Crippen LogP contribution in [0.2, 0.25) is 0 Å². The van der Waals surface area contributed by atoms with E-state index in [1.807, 2.05) is 13.8 Å². The van der Waals surface area contributed by atoms with E-state index in [0.29, 0.717) is 6.42 Å². The number of hydrogen-bond donors (Lipinski definition) is 1. The zero-order valence-electron chi connectivity index (χ0n) is 22.0. The summed E-state index contributed by atoms with van der Waals surface area (Å²) in [7, 11) is 0. The van der Waals surface area contributed by atoms with Gasteiger partial charge in [-0.1, -0.05) is 117 Å². The van der Waals surface area contributed by atoms with Crippen LogP contribution in [0.1, 0.15) is 136 Å². The van der Waals surface area contributed by atoms with Gasteiger partial charge in [0.05, 0.1) is 0 Å². The minimum absolute atomic E-state index is 0.0954. The zero-order valence-corrected chi connectivity index (χ0v) is 22.0. The second-order valence-electron chi connectivity index (χ2n) is 9.61. The lowest BCUT2D eigenvalue weighted by molar-refractivity contribution is -0.170. The first kappa shape index (κ1) is 31.4. The van der Waals surface area contributed by atoms with Crippen LogP contribution in [0.25, 0.3) is 0 Å². The minimum Gasteiger partial charge on any atom is -0.446 e. The molecule has 0 aliphatic heterocycles. The molecule has 0 aromatic carbocycles. The first-order chi connectivity index (χ1) is 15.9. The molecule has 0 bridgehead atoms. The van der Waals surface area contributed by atoms with Crippen LogP contribution in [0.4, 0.5) is 0 Å². The van der Waals surface area contributed by atoms with E-state index in [2.05, 4.69) is 25.7 Å². The first-order valence-electron chi connectivity index (χ1n) is 13.7. The number of esters is 1. The van der Waals surface area contributed by atoms with Gasteiger partial charge in [0.2, 0.25) is 0 Å². The molecule has 0 saturated heterocycles. The Labute approximate surface area is 204 Å². The van der Waals surface area contributed by atoms with E-state index in [9.17, 15) is 9.59 Å². The average molecular weight is 464 g/mol. The Bertz CT molecular complexity index is 543. The maximum Gasteiger partial charge on any atom is 0.331 e. The monoisotopic (exact) mass is 463 g/mol. The van der Waals surface area contributed by atoms with Gasteiger partial charge >= 0.3 is 5.97 Å². The summed E-state index contributed by atoms with van der Waals surface area (Å²) in [6, 6.07) is 0. The maximum absolute atomic E-state index is 12.2. The second kappa shape index (κ2) is 21.0. The standard InChI is InChI=1S/C29H53NO3/c1-5-8-9-10-11-12-13-14-15-16-17-18-19-20-21-22-23-24-26(4)29(25-6-2,28(30)32)33-27(31)7-3/h7,14-15,26H,3,5-6,8-13,16-25H2,1-2,4H3,(H2,30,32)/b15-14-. The highest BCUT2D eigenvalue weighted by molar-refractivity contribution is 5.89. The molecule has 0 aliphatic carbocycles. The molecule has 0 rings (SSSR count). The molecule has 0 saturated carbocycles. The number of hydrogen-bond acceptors (Lipinski definition) is 3. The van der Waals surface area contributed by atoms with Gasteiger partial charge in [-0.15, -0.1) is 0 Å². The van der Waals surface area contributed by atoms with E-state index >= 15 is 0 Å². The fourth-order valence-electron chi connectivity index (χ4n) is 4.51. The van der Waals surface area contributed by atoms with Gasteiger partial charge in [-0.25, -0.2) is 4.79 Å². The number of allylic oxidation sites excluding steroid dienone is 2. The van der Waals surface area contributed by atoms with Gasteiger partial charge in [0.25, 0.3) is 5.91 Å². The third-order valence-electron chi connectivity index (χ3n) is 6.68. The molecule has 0 radical (unpaired) electrons. The Morgan fingerprint density at radius 3 is 1.76 bits per heavy atom. The van der Waals surface area contributed by atoms with Crippen LogP contribution in [0, 0.1) is 5.92 Å². The van der Waals surface area contributed by atoms with Crippen molar-refractivity contribution in [2.45, 2.75) is 142 Å². The number of ether oxygens (including phenoxy) is 1. The molecule has 2 unspecified atom stereocenters. The van der Waals surface area contributed by atoms with E-state index in [0.717, 1.165) is 31.8 Å².